The number of carboxylic acids is 1. The van der Waals surface area contributed by atoms with Crippen LogP contribution in [0.1, 0.15) is 26.2 Å². The Morgan fingerprint density at radius 2 is 1.94 bits per heavy atom. The summed E-state index contributed by atoms with van der Waals surface area (Å²) in [7, 11) is 0. The molecule has 0 spiro atoms. The fourth-order valence-corrected chi connectivity index (χ4v) is 1.29. The molecule has 0 aromatic heterocycles. The van der Waals surface area contributed by atoms with Gasteiger partial charge in [0.2, 0.25) is 0 Å². The Bertz CT molecular complexity index is 364. The number of carbonyl (C=O) groups excluding carboxylic acids is 1. The van der Waals surface area contributed by atoms with Gasteiger partial charge < -0.3 is 14.6 Å². The Hall–Kier alpha value is -1.62. The van der Waals surface area contributed by atoms with Crippen molar-refractivity contribution in [3.63, 3.8) is 0 Å². The molecule has 5 nitrogen and oxygen atoms in total. The van der Waals surface area contributed by atoms with Crippen LogP contribution in [0.3, 0.4) is 0 Å². The Morgan fingerprint density at radius 3 is 2.22 bits per heavy atom. The standard InChI is InChI=1S/C7H10O3.C6H8O2/c1-5(10-6(2)8)3-7-4-9-7;1-4(6(7)8)5-2-3-5/h7H,1,3-4H2,2H3;5H,1-3H2,(H,7,8). The van der Waals surface area contributed by atoms with Crippen molar-refractivity contribution in [2.45, 2.75) is 32.3 Å². The third-order valence-corrected chi connectivity index (χ3v) is 2.49. The normalized spacial score (nSPS) is 20.2. The van der Waals surface area contributed by atoms with Crippen molar-refractivity contribution < 1.29 is 24.2 Å². The topological polar surface area (TPSA) is 76.1 Å². The molecule has 1 saturated carbocycles. The fraction of sp³-hybridized carbons (Fsp3) is 0.538. The Kier molecular flexibility index (Phi) is 5.09. The van der Waals surface area contributed by atoms with Crippen LogP contribution < -0.4 is 0 Å². The van der Waals surface area contributed by atoms with Gasteiger partial charge in [0.05, 0.1) is 12.7 Å². The smallest absolute Gasteiger partial charge is 0.331 e. The van der Waals surface area contributed by atoms with E-state index in [2.05, 4.69) is 17.9 Å². The van der Waals surface area contributed by atoms with E-state index in [1.807, 2.05) is 0 Å². The SMILES string of the molecule is C=C(C(=O)O)C1CC1.C=C(CC1CO1)OC(C)=O. The highest BCUT2D eigenvalue weighted by molar-refractivity contribution is 5.86. The minimum atomic E-state index is -0.840. The third kappa shape index (κ3) is 6.20. The molecule has 0 bridgehead atoms. The van der Waals surface area contributed by atoms with Crippen LogP contribution in [-0.4, -0.2) is 29.8 Å². The number of carbonyl (C=O) groups is 2. The van der Waals surface area contributed by atoms with Crippen molar-refractivity contribution in [1.29, 1.82) is 0 Å². The van der Waals surface area contributed by atoms with E-state index in [-0.39, 0.29) is 12.1 Å². The molecule has 1 aliphatic heterocycles. The van der Waals surface area contributed by atoms with Crippen molar-refractivity contribution in [2.75, 3.05) is 6.61 Å². The first kappa shape index (κ1) is 14.4. The number of esters is 1. The second kappa shape index (κ2) is 6.35. The van der Waals surface area contributed by atoms with Crippen molar-refractivity contribution in [1.82, 2.24) is 0 Å². The second-order valence-corrected chi connectivity index (χ2v) is 4.40. The van der Waals surface area contributed by atoms with E-state index < -0.39 is 5.97 Å². The van der Waals surface area contributed by atoms with Crippen LogP contribution >= 0.6 is 0 Å². The maximum atomic E-state index is 10.3. The van der Waals surface area contributed by atoms with E-state index >= 15 is 0 Å². The molecule has 0 aromatic rings. The van der Waals surface area contributed by atoms with Crippen LogP contribution in [-0.2, 0) is 19.1 Å². The van der Waals surface area contributed by atoms with E-state index in [4.69, 9.17) is 9.84 Å². The predicted molar refractivity (Wildman–Crippen MR) is 64.8 cm³/mol. The summed E-state index contributed by atoms with van der Waals surface area (Å²) in [5.41, 5.74) is 0.380. The largest absolute Gasteiger partial charge is 0.478 e. The lowest BCUT2D eigenvalue weighted by Gasteiger charge is -2.00. The molecule has 18 heavy (non-hydrogen) atoms. The molecule has 0 radical (unpaired) electrons. The highest BCUT2D eigenvalue weighted by Crippen LogP contribution is 2.35. The summed E-state index contributed by atoms with van der Waals surface area (Å²) < 4.78 is 9.60. The number of epoxide rings is 1. The van der Waals surface area contributed by atoms with Gasteiger partial charge in [-0.05, 0) is 18.8 Å². The molecule has 0 amide bonds. The number of hydrogen-bond donors (Lipinski definition) is 1. The van der Waals surface area contributed by atoms with Crippen molar-refractivity contribution in [3.05, 3.63) is 24.5 Å². The maximum absolute atomic E-state index is 10.3. The molecule has 0 aromatic carbocycles. The maximum Gasteiger partial charge on any atom is 0.331 e. The van der Waals surface area contributed by atoms with Crippen LogP contribution in [0.15, 0.2) is 24.5 Å². The van der Waals surface area contributed by atoms with E-state index in [1.54, 1.807) is 0 Å². The molecule has 1 atom stereocenters. The van der Waals surface area contributed by atoms with E-state index in [9.17, 15) is 9.59 Å². The van der Waals surface area contributed by atoms with Gasteiger partial charge in [-0.15, -0.1) is 0 Å². The fourth-order valence-electron chi connectivity index (χ4n) is 1.29. The van der Waals surface area contributed by atoms with Crippen molar-refractivity contribution >= 4 is 11.9 Å². The molecular formula is C13H18O5. The summed E-state index contributed by atoms with van der Waals surface area (Å²) >= 11 is 0. The van der Waals surface area contributed by atoms with Crippen molar-refractivity contribution in [2.24, 2.45) is 5.92 Å². The van der Waals surface area contributed by atoms with Crippen LogP contribution in [0.25, 0.3) is 0 Å². The molecule has 1 heterocycles. The van der Waals surface area contributed by atoms with Gasteiger partial charge >= 0.3 is 11.9 Å². The minimum absolute atomic E-state index is 0.242. The number of hydrogen-bond acceptors (Lipinski definition) is 4. The first-order valence-electron chi connectivity index (χ1n) is 5.80. The molecule has 1 saturated heterocycles. The summed E-state index contributed by atoms with van der Waals surface area (Å²) in [4.78, 5) is 20.4. The van der Waals surface area contributed by atoms with Gasteiger partial charge in [0.15, 0.2) is 0 Å². The Balaban J connectivity index is 0.000000184. The monoisotopic (exact) mass is 254 g/mol. The summed E-state index contributed by atoms with van der Waals surface area (Å²) in [6, 6.07) is 0. The zero-order valence-electron chi connectivity index (χ0n) is 10.5. The van der Waals surface area contributed by atoms with Gasteiger partial charge in [-0.1, -0.05) is 13.2 Å². The number of ether oxygens (including phenoxy) is 2. The molecular weight excluding hydrogens is 236 g/mol. The van der Waals surface area contributed by atoms with Gasteiger partial charge in [0, 0.05) is 18.9 Å². The summed E-state index contributed by atoms with van der Waals surface area (Å²) in [5.74, 6) is -0.361. The number of carboxylic acid groups (broad SMARTS) is 1. The van der Waals surface area contributed by atoms with E-state index in [0.717, 1.165) is 19.4 Å². The molecule has 1 unspecified atom stereocenters. The van der Waals surface area contributed by atoms with Gasteiger partial charge in [0.1, 0.15) is 5.76 Å². The van der Waals surface area contributed by atoms with Crippen molar-refractivity contribution in [3.8, 4) is 0 Å². The number of rotatable bonds is 5. The Labute approximate surface area is 106 Å². The van der Waals surface area contributed by atoms with Gasteiger partial charge in [-0.3, -0.25) is 4.79 Å². The average molecular weight is 254 g/mol. The highest BCUT2D eigenvalue weighted by atomic mass is 16.6. The summed E-state index contributed by atoms with van der Waals surface area (Å²) in [5, 5.41) is 8.29. The van der Waals surface area contributed by atoms with Crippen LogP contribution in [0.4, 0.5) is 0 Å². The molecule has 2 aliphatic rings. The van der Waals surface area contributed by atoms with E-state index in [0.29, 0.717) is 23.7 Å². The van der Waals surface area contributed by atoms with Crippen LogP contribution in [0.5, 0.6) is 0 Å². The van der Waals surface area contributed by atoms with Gasteiger partial charge in [-0.25, -0.2) is 4.79 Å². The molecule has 2 rings (SSSR count). The van der Waals surface area contributed by atoms with Gasteiger partial charge in [0.25, 0.3) is 0 Å². The van der Waals surface area contributed by atoms with Crippen LogP contribution in [0, 0.1) is 5.92 Å². The van der Waals surface area contributed by atoms with Gasteiger partial charge in [-0.2, -0.15) is 0 Å². The molecule has 5 heteroatoms. The minimum Gasteiger partial charge on any atom is -0.478 e. The summed E-state index contributed by atoms with van der Waals surface area (Å²) in [6.07, 6.45) is 2.92. The first-order chi connectivity index (χ1) is 8.40. The highest BCUT2D eigenvalue weighted by Gasteiger charge is 2.28. The van der Waals surface area contributed by atoms with E-state index in [1.165, 1.54) is 6.92 Å². The molecule has 100 valence electrons. The molecule has 1 N–H and O–H groups in total. The first-order valence-corrected chi connectivity index (χ1v) is 5.80. The molecule has 2 fully saturated rings. The average Bonchev–Trinajstić information content (AvgIpc) is 3.10. The quantitative estimate of drug-likeness (QED) is 0.351. The molecule has 1 aliphatic carbocycles. The zero-order valence-corrected chi connectivity index (χ0v) is 10.5. The lowest BCUT2D eigenvalue weighted by Crippen LogP contribution is -2.00. The lowest BCUT2D eigenvalue weighted by atomic mass is 10.2. The zero-order chi connectivity index (χ0) is 13.7. The Morgan fingerprint density at radius 1 is 1.39 bits per heavy atom. The lowest BCUT2D eigenvalue weighted by molar-refractivity contribution is -0.137. The summed E-state index contributed by atoms with van der Waals surface area (Å²) in [6.45, 7) is 9.09. The number of aliphatic carboxylic acids is 1. The van der Waals surface area contributed by atoms with Crippen LogP contribution in [0.2, 0.25) is 0 Å². The predicted octanol–water partition coefficient (Wildman–Crippen LogP) is 1.89. The third-order valence-electron chi connectivity index (χ3n) is 2.49. The second-order valence-electron chi connectivity index (χ2n) is 4.40.